The van der Waals surface area contributed by atoms with E-state index in [4.69, 9.17) is 0 Å². The molecular weight excluding hydrogens is 320 g/mol. The Kier molecular flexibility index (Phi) is 4.14. The van der Waals surface area contributed by atoms with Gasteiger partial charge in [0.25, 0.3) is 0 Å². The second-order valence-corrected chi connectivity index (χ2v) is 8.13. The molecule has 0 radical (unpaired) electrons. The van der Waals surface area contributed by atoms with Gasteiger partial charge in [0.2, 0.25) is 0 Å². The maximum absolute atomic E-state index is 11.4. The van der Waals surface area contributed by atoms with Crippen LogP contribution >= 0.6 is 11.3 Å². The van der Waals surface area contributed by atoms with Crippen molar-refractivity contribution in [3.63, 3.8) is 0 Å². The summed E-state index contributed by atoms with van der Waals surface area (Å²) in [6.45, 7) is 1.72. The van der Waals surface area contributed by atoms with Crippen molar-refractivity contribution in [3.05, 3.63) is 41.5 Å². The number of carboxylic acids is 1. The lowest BCUT2D eigenvalue weighted by Gasteiger charge is -2.54. The molecule has 1 saturated heterocycles. The van der Waals surface area contributed by atoms with Crippen LogP contribution in [0.4, 0.5) is 0 Å². The first-order chi connectivity index (χ1) is 11.7. The first-order valence-electron chi connectivity index (χ1n) is 8.64. The third-order valence-corrected chi connectivity index (χ3v) is 6.65. The van der Waals surface area contributed by atoms with Crippen LogP contribution in [0, 0.1) is 5.92 Å². The van der Waals surface area contributed by atoms with Gasteiger partial charge in [-0.05, 0) is 44.2 Å². The number of hydrogen-bond acceptors (Lipinski definition) is 4. The summed E-state index contributed by atoms with van der Waals surface area (Å²) in [5, 5.41) is 10.5. The van der Waals surface area contributed by atoms with E-state index in [1.807, 2.05) is 12.3 Å². The quantitative estimate of drug-likeness (QED) is 0.911. The van der Waals surface area contributed by atoms with Gasteiger partial charge in [0.05, 0.1) is 17.3 Å². The van der Waals surface area contributed by atoms with Gasteiger partial charge < -0.3 is 5.11 Å². The monoisotopic (exact) mass is 342 g/mol. The molecule has 1 N–H and O–H groups in total. The summed E-state index contributed by atoms with van der Waals surface area (Å²) in [5.74, 6) is -0.792. The third-order valence-electron chi connectivity index (χ3n) is 5.62. The summed E-state index contributed by atoms with van der Waals surface area (Å²) < 4.78 is 0. The normalized spacial score (nSPS) is 23.1. The fourth-order valence-electron chi connectivity index (χ4n) is 4.08. The van der Waals surface area contributed by atoms with Crippen molar-refractivity contribution in [2.45, 2.75) is 44.2 Å². The van der Waals surface area contributed by atoms with Crippen molar-refractivity contribution in [2.75, 3.05) is 6.54 Å². The number of hydrogen-bond donors (Lipinski definition) is 1. The Morgan fingerprint density at radius 3 is 2.79 bits per heavy atom. The molecule has 4 nitrogen and oxygen atoms in total. The van der Waals surface area contributed by atoms with Crippen molar-refractivity contribution in [2.24, 2.45) is 5.92 Å². The summed E-state index contributed by atoms with van der Waals surface area (Å²) in [7, 11) is 0. The van der Waals surface area contributed by atoms with E-state index in [2.05, 4.69) is 34.1 Å². The van der Waals surface area contributed by atoms with Crippen LogP contribution in [0.15, 0.2) is 36.5 Å². The molecule has 1 atom stereocenters. The van der Waals surface area contributed by atoms with Gasteiger partial charge in [0.1, 0.15) is 5.01 Å². The summed E-state index contributed by atoms with van der Waals surface area (Å²) in [6, 6.07) is 10.4. The molecule has 1 aromatic heterocycles. The zero-order chi connectivity index (χ0) is 16.6. The predicted octanol–water partition coefficient (Wildman–Crippen LogP) is 4.03. The molecule has 126 valence electrons. The van der Waals surface area contributed by atoms with E-state index in [9.17, 15) is 9.90 Å². The minimum absolute atomic E-state index is 0.111. The fraction of sp³-hybridized carbons (Fsp3) is 0.474. The van der Waals surface area contributed by atoms with E-state index >= 15 is 0 Å². The number of rotatable bonds is 4. The predicted molar refractivity (Wildman–Crippen MR) is 94.9 cm³/mol. The lowest BCUT2D eigenvalue weighted by Crippen LogP contribution is -2.58. The maximum atomic E-state index is 11.4. The number of benzene rings is 1. The number of likely N-dealkylation sites (tertiary alicyclic amines) is 1. The molecule has 1 aliphatic heterocycles. The number of carboxylic acid groups (broad SMARTS) is 1. The van der Waals surface area contributed by atoms with Crippen LogP contribution in [0.2, 0.25) is 0 Å². The first-order valence-corrected chi connectivity index (χ1v) is 9.46. The number of aliphatic carboxylic acids is 1. The van der Waals surface area contributed by atoms with Crippen molar-refractivity contribution < 1.29 is 9.90 Å². The van der Waals surface area contributed by atoms with Crippen molar-refractivity contribution in [1.82, 2.24) is 9.88 Å². The second-order valence-electron chi connectivity index (χ2n) is 7.01. The highest BCUT2D eigenvalue weighted by Gasteiger charge is 2.48. The Balaban J connectivity index is 1.49. The second kappa shape index (κ2) is 6.30. The van der Waals surface area contributed by atoms with E-state index in [1.54, 1.807) is 11.3 Å². The van der Waals surface area contributed by atoms with Gasteiger partial charge in [-0.25, -0.2) is 4.98 Å². The van der Waals surface area contributed by atoms with E-state index in [0.29, 0.717) is 0 Å². The molecule has 1 unspecified atom stereocenters. The summed E-state index contributed by atoms with van der Waals surface area (Å²) in [5.41, 5.74) is 1.32. The number of nitrogens with zero attached hydrogens (tertiary/aromatic N) is 2. The summed E-state index contributed by atoms with van der Waals surface area (Å²) >= 11 is 1.75. The molecular formula is C19H22N2O2S. The minimum Gasteiger partial charge on any atom is -0.481 e. The fourth-order valence-corrected chi connectivity index (χ4v) is 5.02. The zero-order valence-electron chi connectivity index (χ0n) is 13.6. The molecule has 2 aromatic rings. The topological polar surface area (TPSA) is 53.4 Å². The largest absolute Gasteiger partial charge is 0.481 e. The van der Waals surface area contributed by atoms with E-state index in [-0.39, 0.29) is 11.5 Å². The SMILES string of the molecule is O=C(O)C1CCN(Cc2ncc(-c3ccccc3)s2)C2(CCC2)C1. The molecule has 1 spiro atoms. The van der Waals surface area contributed by atoms with E-state index < -0.39 is 5.97 Å². The van der Waals surface area contributed by atoms with Crippen molar-refractivity contribution >= 4 is 17.3 Å². The maximum Gasteiger partial charge on any atom is 0.306 e. The number of piperidine rings is 1. The van der Waals surface area contributed by atoms with Gasteiger partial charge in [0.15, 0.2) is 0 Å². The standard InChI is InChI=1S/C19H22N2O2S/c22-18(23)15-7-10-21(19(11-15)8-4-9-19)13-17-20-12-16(24-17)14-5-2-1-3-6-14/h1-3,5-6,12,15H,4,7-11,13H2,(H,22,23). The van der Waals surface area contributed by atoms with Crippen LogP contribution in [-0.4, -0.2) is 33.0 Å². The van der Waals surface area contributed by atoms with Crippen LogP contribution in [0.5, 0.6) is 0 Å². The lowest BCUT2D eigenvalue weighted by molar-refractivity contribution is -0.148. The van der Waals surface area contributed by atoms with E-state index in [0.717, 1.165) is 43.8 Å². The lowest BCUT2D eigenvalue weighted by atomic mass is 9.67. The van der Waals surface area contributed by atoms with Gasteiger partial charge in [-0.2, -0.15) is 0 Å². The third kappa shape index (κ3) is 2.87. The average molecular weight is 342 g/mol. The van der Waals surface area contributed by atoms with Crippen LogP contribution in [0.3, 0.4) is 0 Å². The Morgan fingerprint density at radius 2 is 2.12 bits per heavy atom. The van der Waals surface area contributed by atoms with Gasteiger partial charge >= 0.3 is 5.97 Å². The smallest absolute Gasteiger partial charge is 0.306 e. The Bertz CT molecular complexity index is 724. The van der Waals surface area contributed by atoms with Gasteiger partial charge in [0, 0.05) is 11.7 Å². The number of thiazole rings is 1. The molecule has 1 aromatic carbocycles. The molecule has 2 fully saturated rings. The van der Waals surface area contributed by atoms with Gasteiger partial charge in [-0.15, -0.1) is 11.3 Å². The molecule has 1 aliphatic carbocycles. The van der Waals surface area contributed by atoms with Crippen LogP contribution in [0.1, 0.15) is 37.1 Å². The molecule has 2 aliphatic rings. The van der Waals surface area contributed by atoms with Crippen molar-refractivity contribution in [1.29, 1.82) is 0 Å². The molecule has 1 saturated carbocycles. The Morgan fingerprint density at radius 1 is 1.33 bits per heavy atom. The van der Waals surface area contributed by atoms with Crippen molar-refractivity contribution in [3.8, 4) is 10.4 Å². The molecule has 24 heavy (non-hydrogen) atoms. The van der Waals surface area contributed by atoms with Gasteiger partial charge in [-0.3, -0.25) is 9.69 Å². The molecule has 4 rings (SSSR count). The zero-order valence-corrected chi connectivity index (χ0v) is 14.5. The highest BCUT2D eigenvalue weighted by molar-refractivity contribution is 7.15. The average Bonchev–Trinajstić information content (AvgIpc) is 3.03. The Hall–Kier alpha value is -1.72. The molecule has 0 amide bonds. The van der Waals surface area contributed by atoms with Gasteiger partial charge in [-0.1, -0.05) is 30.3 Å². The van der Waals surface area contributed by atoms with E-state index in [1.165, 1.54) is 16.9 Å². The first kappa shape index (κ1) is 15.8. The van der Waals surface area contributed by atoms with Crippen LogP contribution in [0.25, 0.3) is 10.4 Å². The molecule has 2 heterocycles. The number of carbonyl (C=O) groups is 1. The number of aromatic nitrogens is 1. The molecule has 0 bridgehead atoms. The molecule has 5 heteroatoms. The van der Waals surface area contributed by atoms with Crippen LogP contribution < -0.4 is 0 Å². The summed E-state index contributed by atoms with van der Waals surface area (Å²) in [6.07, 6.45) is 7.01. The highest BCUT2D eigenvalue weighted by Crippen LogP contribution is 2.47. The minimum atomic E-state index is -0.624. The summed E-state index contributed by atoms with van der Waals surface area (Å²) in [4.78, 5) is 19.7. The highest BCUT2D eigenvalue weighted by atomic mass is 32.1. The van der Waals surface area contributed by atoms with Crippen LogP contribution in [-0.2, 0) is 11.3 Å². The Labute approximate surface area is 146 Å².